The molecular weight excluding hydrogens is 258 g/mol. The lowest BCUT2D eigenvalue weighted by atomic mass is 9.88. The molecule has 0 bridgehead atoms. The van der Waals surface area contributed by atoms with Gasteiger partial charge in [-0.1, -0.05) is 12.1 Å². The molecule has 1 aromatic carbocycles. The van der Waals surface area contributed by atoms with Crippen molar-refractivity contribution in [3.8, 4) is 0 Å². The summed E-state index contributed by atoms with van der Waals surface area (Å²) in [5.74, 6) is 0. The van der Waals surface area contributed by atoms with Gasteiger partial charge < -0.3 is 10.2 Å². The lowest BCUT2D eigenvalue weighted by Gasteiger charge is -2.41. The Bertz CT molecular complexity index is 639. The van der Waals surface area contributed by atoms with E-state index < -0.39 is 0 Å². The molecule has 21 heavy (non-hydrogen) atoms. The number of hydrogen-bond donors (Lipinski definition) is 1. The van der Waals surface area contributed by atoms with Crippen LogP contribution in [-0.4, -0.2) is 30.7 Å². The van der Waals surface area contributed by atoms with Gasteiger partial charge in [0.25, 0.3) is 0 Å². The Morgan fingerprint density at radius 1 is 1.14 bits per heavy atom. The van der Waals surface area contributed by atoms with Crippen LogP contribution >= 0.6 is 0 Å². The molecule has 2 aliphatic rings. The Morgan fingerprint density at radius 2 is 2.00 bits per heavy atom. The molecule has 0 spiro atoms. The molecule has 1 aromatic heterocycles. The Labute approximate surface area is 126 Å². The number of nitrogens with one attached hydrogen (secondary N) is 1. The van der Waals surface area contributed by atoms with Crippen LogP contribution < -0.4 is 10.2 Å². The van der Waals surface area contributed by atoms with E-state index in [9.17, 15) is 0 Å². The van der Waals surface area contributed by atoms with Crippen LogP contribution in [0.25, 0.3) is 10.8 Å². The second kappa shape index (κ2) is 5.30. The Hall–Kier alpha value is -1.61. The minimum absolute atomic E-state index is 0.710. The molecule has 0 atom stereocenters. The first kappa shape index (κ1) is 13.1. The highest BCUT2D eigenvalue weighted by Gasteiger charge is 2.28. The average molecular weight is 281 g/mol. The maximum absolute atomic E-state index is 4.39. The summed E-state index contributed by atoms with van der Waals surface area (Å²) in [5, 5.41) is 6.17. The van der Waals surface area contributed by atoms with E-state index in [1.807, 2.05) is 6.20 Å². The quantitative estimate of drug-likeness (QED) is 0.916. The SMILES string of the molecule is CNC1CCC(N2CCc3cncc4cccc2c34)CC1. The first-order chi connectivity index (χ1) is 10.4. The second-order valence-corrected chi connectivity index (χ2v) is 6.41. The van der Waals surface area contributed by atoms with Crippen molar-refractivity contribution in [3.05, 3.63) is 36.2 Å². The number of hydrogen-bond acceptors (Lipinski definition) is 3. The average Bonchev–Trinajstić information content (AvgIpc) is 2.56. The van der Waals surface area contributed by atoms with Gasteiger partial charge in [0.05, 0.1) is 0 Å². The molecule has 2 heterocycles. The van der Waals surface area contributed by atoms with E-state index in [1.54, 1.807) is 0 Å². The van der Waals surface area contributed by atoms with Gasteiger partial charge >= 0.3 is 0 Å². The minimum atomic E-state index is 0.710. The van der Waals surface area contributed by atoms with Crippen molar-refractivity contribution in [1.82, 2.24) is 10.3 Å². The van der Waals surface area contributed by atoms with Gasteiger partial charge in [0.1, 0.15) is 0 Å². The number of aromatic nitrogens is 1. The van der Waals surface area contributed by atoms with E-state index in [0.29, 0.717) is 6.04 Å². The highest BCUT2D eigenvalue weighted by molar-refractivity contribution is 5.97. The smallest absolute Gasteiger partial charge is 0.0452 e. The van der Waals surface area contributed by atoms with Gasteiger partial charge in [-0.2, -0.15) is 0 Å². The molecule has 3 heteroatoms. The standard InChI is InChI=1S/C18H23N3/c1-19-15-5-7-16(8-6-15)21-10-9-14-12-20-11-13-3-2-4-17(21)18(13)14/h2-4,11-12,15-16,19H,5-10H2,1H3. The van der Waals surface area contributed by atoms with Gasteiger partial charge in [-0.05, 0) is 50.8 Å². The first-order valence-corrected chi connectivity index (χ1v) is 8.16. The van der Waals surface area contributed by atoms with Gasteiger partial charge in [-0.15, -0.1) is 0 Å². The molecule has 1 fully saturated rings. The predicted octanol–water partition coefficient (Wildman–Crippen LogP) is 3.13. The topological polar surface area (TPSA) is 28.2 Å². The lowest BCUT2D eigenvalue weighted by Crippen LogP contribution is -2.43. The molecule has 4 rings (SSSR count). The molecule has 0 radical (unpaired) electrons. The maximum Gasteiger partial charge on any atom is 0.0452 e. The third-order valence-corrected chi connectivity index (χ3v) is 5.32. The van der Waals surface area contributed by atoms with E-state index in [4.69, 9.17) is 0 Å². The summed E-state index contributed by atoms with van der Waals surface area (Å²) in [7, 11) is 2.09. The molecule has 110 valence electrons. The van der Waals surface area contributed by atoms with E-state index in [1.165, 1.54) is 47.7 Å². The number of nitrogens with zero attached hydrogens (tertiary/aromatic N) is 2. The molecule has 1 aliphatic heterocycles. The summed E-state index contributed by atoms with van der Waals surface area (Å²) in [6.45, 7) is 1.15. The third-order valence-electron chi connectivity index (χ3n) is 5.32. The molecule has 1 aliphatic carbocycles. The van der Waals surface area contributed by atoms with Gasteiger partial charge in [-0.25, -0.2) is 0 Å². The highest BCUT2D eigenvalue weighted by Crippen LogP contribution is 2.37. The molecule has 0 saturated heterocycles. The van der Waals surface area contributed by atoms with Crippen molar-refractivity contribution in [2.75, 3.05) is 18.5 Å². The monoisotopic (exact) mass is 281 g/mol. The first-order valence-electron chi connectivity index (χ1n) is 8.16. The minimum Gasteiger partial charge on any atom is -0.368 e. The van der Waals surface area contributed by atoms with Crippen molar-refractivity contribution in [2.45, 2.75) is 44.2 Å². The van der Waals surface area contributed by atoms with Crippen LogP contribution in [-0.2, 0) is 6.42 Å². The molecule has 0 amide bonds. The zero-order valence-corrected chi connectivity index (χ0v) is 12.7. The van der Waals surface area contributed by atoms with Crippen LogP contribution in [0.3, 0.4) is 0 Å². The van der Waals surface area contributed by atoms with Crippen LogP contribution in [0, 0.1) is 0 Å². The Morgan fingerprint density at radius 3 is 2.81 bits per heavy atom. The molecular formula is C18H23N3. The van der Waals surface area contributed by atoms with Gasteiger partial charge in [0, 0.05) is 47.5 Å². The van der Waals surface area contributed by atoms with Crippen LogP contribution in [0.5, 0.6) is 0 Å². The van der Waals surface area contributed by atoms with Crippen LogP contribution in [0.1, 0.15) is 31.2 Å². The fraction of sp³-hybridized carbons (Fsp3) is 0.500. The third kappa shape index (κ3) is 2.20. The van der Waals surface area contributed by atoms with Crippen LogP contribution in [0.15, 0.2) is 30.6 Å². The van der Waals surface area contributed by atoms with E-state index >= 15 is 0 Å². The van der Waals surface area contributed by atoms with E-state index in [-0.39, 0.29) is 0 Å². The second-order valence-electron chi connectivity index (χ2n) is 6.41. The Kier molecular flexibility index (Phi) is 3.30. The van der Waals surface area contributed by atoms with Crippen molar-refractivity contribution < 1.29 is 0 Å². The number of benzene rings is 1. The summed E-state index contributed by atoms with van der Waals surface area (Å²) < 4.78 is 0. The number of anilines is 1. The summed E-state index contributed by atoms with van der Waals surface area (Å²) in [5.41, 5.74) is 2.85. The molecule has 3 nitrogen and oxygen atoms in total. The fourth-order valence-corrected chi connectivity index (χ4v) is 4.13. The summed E-state index contributed by atoms with van der Waals surface area (Å²) in [6, 6.07) is 8.10. The summed E-state index contributed by atoms with van der Waals surface area (Å²) in [6.07, 6.45) is 10.4. The molecule has 0 unspecified atom stereocenters. The largest absolute Gasteiger partial charge is 0.368 e. The Balaban J connectivity index is 1.68. The molecule has 1 saturated carbocycles. The van der Waals surface area contributed by atoms with Crippen molar-refractivity contribution >= 4 is 16.5 Å². The normalized spacial score (nSPS) is 25.3. The summed E-state index contributed by atoms with van der Waals surface area (Å²) >= 11 is 0. The van der Waals surface area contributed by atoms with Gasteiger partial charge in [0.2, 0.25) is 0 Å². The molecule has 2 aromatic rings. The number of pyridine rings is 1. The predicted molar refractivity (Wildman–Crippen MR) is 87.9 cm³/mol. The highest BCUT2D eigenvalue weighted by atomic mass is 15.2. The fourth-order valence-electron chi connectivity index (χ4n) is 4.13. The van der Waals surface area contributed by atoms with Crippen molar-refractivity contribution in [1.29, 1.82) is 0 Å². The lowest BCUT2D eigenvalue weighted by molar-refractivity contribution is 0.344. The van der Waals surface area contributed by atoms with Gasteiger partial charge in [-0.3, -0.25) is 4.98 Å². The molecule has 1 N–H and O–H groups in total. The van der Waals surface area contributed by atoms with Crippen LogP contribution in [0.4, 0.5) is 5.69 Å². The van der Waals surface area contributed by atoms with Crippen molar-refractivity contribution in [2.24, 2.45) is 0 Å². The van der Waals surface area contributed by atoms with Crippen LogP contribution in [0.2, 0.25) is 0 Å². The van der Waals surface area contributed by atoms with Crippen molar-refractivity contribution in [3.63, 3.8) is 0 Å². The number of rotatable bonds is 2. The zero-order valence-electron chi connectivity index (χ0n) is 12.7. The van der Waals surface area contributed by atoms with Gasteiger partial charge in [0.15, 0.2) is 0 Å². The van der Waals surface area contributed by atoms with E-state index in [0.717, 1.165) is 19.0 Å². The zero-order chi connectivity index (χ0) is 14.2. The maximum atomic E-state index is 4.39. The summed E-state index contributed by atoms with van der Waals surface area (Å²) in [4.78, 5) is 7.06. The van der Waals surface area contributed by atoms with E-state index in [2.05, 4.69) is 46.6 Å².